The molecule has 0 aliphatic heterocycles. The highest BCUT2D eigenvalue weighted by atomic mass is 32.2. The number of benzene rings is 1. The van der Waals surface area contributed by atoms with Crippen LogP contribution in [0.25, 0.3) is 10.9 Å². The summed E-state index contributed by atoms with van der Waals surface area (Å²) in [7, 11) is -3.79. The number of sulfonamides is 1. The van der Waals surface area contributed by atoms with E-state index in [4.69, 9.17) is 0 Å². The van der Waals surface area contributed by atoms with Crippen molar-refractivity contribution in [3.8, 4) is 0 Å². The van der Waals surface area contributed by atoms with Crippen LogP contribution < -0.4 is 4.72 Å². The quantitative estimate of drug-likeness (QED) is 0.809. The molecule has 0 radical (unpaired) electrons. The van der Waals surface area contributed by atoms with Crippen LogP contribution in [-0.4, -0.2) is 30.7 Å². The van der Waals surface area contributed by atoms with Crippen LogP contribution in [0.15, 0.2) is 29.3 Å². The van der Waals surface area contributed by atoms with Crippen molar-refractivity contribution in [3.63, 3.8) is 0 Å². The number of aliphatic hydroxyl groups is 1. The van der Waals surface area contributed by atoms with Gasteiger partial charge < -0.3 is 10.1 Å². The minimum Gasteiger partial charge on any atom is -0.393 e. The SMILES string of the molecule is O=S(=O)(NC1CCC(O)CC1)c1c[nH]c2cccc(F)c12. The Morgan fingerprint density at radius 1 is 1.24 bits per heavy atom. The van der Waals surface area contributed by atoms with Gasteiger partial charge in [0.25, 0.3) is 0 Å². The fourth-order valence-corrected chi connectivity index (χ4v) is 4.29. The van der Waals surface area contributed by atoms with Crippen LogP contribution in [0.2, 0.25) is 0 Å². The fourth-order valence-electron chi connectivity index (χ4n) is 2.80. The molecule has 1 fully saturated rings. The van der Waals surface area contributed by atoms with Crippen LogP contribution in [-0.2, 0) is 10.0 Å². The van der Waals surface area contributed by atoms with Crippen molar-refractivity contribution >= 4 is 20.9 Å². The van der Waals surface area contributed by atoms with Crippen molar-refractivity contribution in [1.29, 1.82) is 0 Å². The molecule has 1 aliphatic carbocycles. The van der Waals surface area contributed by atoms with E-state index in [2.05, 4.69) is 9.71 Å². The topological polar surface area (TPSA) is 82.2 Å². The third-order valence-corrected chi connectivity index (χ3v) is 5.47. The number of rotatable bonds is 3. The predicted molar refractivity (Wildman–Crippen MR) is 76.8 cm³/mol. The Morgan fingerprint density at radius 3 is 2.67 bits per heavy atom. The lowest BCUT2D eigenvalue weighted by Crippen LogP contribution is -2.38. The molecule has 1 heterocycles. The number of aliphatic hydroxyl groups excluding tert-OH is 1. The molecule has 0 amide bonds. The minimum absolute atomic E-state index is 0.0679. The van der Waals surface area contributed by atoms with Crippen molar-refractivity contribution in [2.24, 2.45) is 0 Å². The Kier molecular flexibility index (Phi) is 3.73. The van der Waals surface area contributed by atoms with Gasteiger partial charge >= 0.3 is 0 Å². The lowest BCUT2D eigenvalue weighted by atomic mass is 9.94. The summed E-state index contributed by atoms with van der Waals surface area (Å²) in [6, 6.07) is 4.19. The standard InChI is InChI=1S/C14H17FN2O3S/c15-11-2-1-3-12-14(11)13(8-16-12)21(19,20)17-9-4-6-10(18)7-5-9/h1-3,8-10,16-18H,4-7H2. The van der Waals surface area contributed by atoms with Gasteiger partial charge in [-0.2, -0.15) is 0 Å². The highest BCUT2D eigenvalue weighted by Crippen LogP contribution is 2.27. The van der Waals surface area contributed by atoms with E-state index >= 15 is 0 Å². The average Bonchev–Trinajstić information content (AvgIpc) is 2.87. The maximum Gasteiger partial charge on any atom is 0.243 e. The highest BCUT2D eigenvalue weighted by molar-refractivity contribution is 7.89. The molecule has 1 aromatic carbocycles. The predicted octanol–water partition coefficient (Wildman–Crippen LogP) is 1.89. The first-order valence-electron chi connectivity index (χ1n) is 6.93. The van der Waals surface area contributed by atoms with E-state index in [1.807, 2.05) is 0 Å². The molecule has 7 heteroatoms. The third-order valence-electron chi connectivity index (χ3n) is 3.93. The molecule has 0 saturated heterocycles. The van der Waals surface area contributed by atoms with Crippen LogP contribution in [0.3, 0.4) is 0 Å². The molecule has 2 aromatic rings. The minimum atomic E-state index is -3.79. The number of H-pyrrole nitrogens is 1. The number of halogens is 1. The largest absolute Gasteiger partial charge is 0.393 e. The van der Waals surface area contributed by atoms with Gasteiger partial charge in [-0.3, -0.25) is 0 Å². The summed E-state index contributed by atoms with van der Waals surface area (Å²) in [6.45, 7) is 0. The van der Waals surface area contributed by atoms with Gasteiger partial charge in [-0.15, -0.1) is 0 Å². The summed E-state index contributed by atoms with van der Waals surface area (Å²) < 4.78 is 41.4. The van der Waals surface area contributed by atoms with E-state index in [1.54, 1.807) is 6.07 Å². The maximum atomic E-state index is 13.9. The zero-order chi connectivity index (χ0) is 15.0. The van der Waals surface area contributed by atoms with Gasteiger partial charge in [0.1, 0.15) is 10.7 Å². The summed E-state index contributed by atoms with van der Waals surface area (Å²) in [4.78, 5) is 2.71. The Morgan fingerprint density at radius 2 is 1.95 bits per heavy atom. The molecule has 5 nitrogen and oxygen atoms in total. The van der Waals surface area contributed by atoms with Crippen molar-refractivity contribution < 1.29 is 17.9 Å². The van der Waals surface area contributed by atoms with E-state index in [9.17, 15) is 17.9 Å². The van der Waals surface area contributed by atoms with E-state index < -0.39 is 15.8 Å². The Labute approximate surface area is 122 Å². The smallest absolute Gasteiger partial charge is 0.243 e. The second kappa shape index (κ2) is 5.40. The van der Waals surface area contributed by atoms with Crippen molar-refractivity contribution in [3.05, 3.63) is 30.2 Å². The number of nitrogens with one attached hydrogen (secondary N) is 2. The number of hydrogen-bond acceptors (Lipinski definition) is 3. The van der Waals surface area contributed by atoms with E-state index in [1.165, 1.54) is 18.3 Å². The zero-order valence-electron chi connectivity index (χ0n) is 11.3. The molecule has 1 aliphatic rings. The maximum absolute atomic E-state index is 13.9. The van der Waals surface area contributed by atoms with Gasteiger partial charge in [0.15, 0.2) is 0 Å². The summed E-state index contributed by atoms with van der Waals surface area (Å²) in [6.07, 6.45) is 3.30. The number of fused-ring (bicyclic) bond motifs is 1. The molecule has 114 valence electrons. The van der Waals surface area contributed by atoms with Crippen molar-refractivity contribution in [1.82, 2.24) is 9.71 Å². The molecule has 0 unspecified atom stereocenters. The number of hydrogen-bond donors (Lipinski definition) is 3. The molecule has 0 bridgehead atoms. The summed E-state index contributed by atoms with van der Waals surface area (Å²) in [5.41, 5.74) is 0.453. The van der Waals surface area contributed by atoms with Gasteiger partial charge in [-0.25, -0.2) is 17.5 Å². The fraction of sp³-hybridized carbons (Fsp3) is 0.429. The van der Waals surface area contributed by atoms with Crippen LogP contribution in [0.5, 0.6) is 0 Å². The van der Waals surface area contributed by atoms with Gasteiger partial charge in [-0.1, -0.05) is 6.07 Å². The molecule has 1 aromatic heterocycles. The number of aromatic amines is 1. The normalized spacial score (nSPS) is 23.5. The monoisotopic (exact) mass is 312 g/mol. The lowest BCUT2D eigenvalue weighted by molar-refractivity contribution is 0.120. The molecule has 21 heavy (non-hydrogen) atoms. The molecule has 1 saturated carbocycles. The van der Waals surface area contributed by atoms with Crippen molar-refractivity contribution in [2.45, 2.75) is 42.7 Å². The molecule has 0 atom stereocenters. The first-order valence-corrected chi connectivity index (χ1v) is 8.41. The van der Waals surface area contributed by atoms with Crippen LogP contribution >= 0.6 is 0 Å². The summed E-state index contributed by atoms with van der Waals surface area (Å²) >= 11 is 0. The van der Waals surface area contributed by atoms with Gasteiger partial charge in [0.2, 0.25) is 10.0 Å². The third kappa shape index (κ3) is 2.81. The molecular weight excluding hydrogens is 295 g/mol. The Hall–Kier alpha value is -1.44. The Balaban J connectivity index is 1.90. The van der Waals surface area contributed by atoms with E-state index in [0.717, 1.165) is 0 Å². The highest BCUT2D eigenvalue weighted by Gasteiger charge is 2.27. The number of aromatic nitrogens is 1. The second-order valence-electron chi connectivity index (χ2n) is 5.44. The van der Waals surface area contributed by atoms with Crippen LogP contribution in [0.4, 0.5) is 4.39 Å². The van der Waals surface area contributed by atoms with Gasteiger partial charge in [0.05, 0.1) is 11.5 Å². The molecule has 3 N–H and O–H groups in total. The molecular formula is C14H17FN2O3S. The van der Waals surface area contributed by atoms with E-state index in [0.29, 0.717) is 31.2 Å². The van der Waals surface area contributed by atoms with Crippen LogP contribution in [0.1, 0.15) is 25.7 Å². The summed E-state index contributed by atoms with van der Waals surface area (Å²) in [5, 5.41) is 9.54. The second-order valence-corrected chi connectivity index (χ2v) is 7.12. The zero-order valence-corrected chi connectivity index (χ0v) is 12.2. The van der Waals surface area contributed by atoms with Crippen LogP contribution in [0, 0.1) is 5.82 Å². The van der Waals surface area contributed by atoms with Gasteiger partial charge in [0, 0.05) is 17.8 Å². The summed E-state index contributed by atoms with van der Waals surface area (Å²) in [5.74, 6) is -0.562. The lowest BCUT2D eigenvalue weighted by Gasteiger charge is -2.25. The first kappa shape index (κ1) is 14.5. The first-order chi connectivity index (χ1) is 9.97. The average molecular weight is 312 g/mol. The van der Waals surface area contributed by atoms with Crippen molar-refractivity contribution in [2.75, 3.05) is 0 Å². The van der Waals surface area contributed by atoms with Gasteiger partial charge in [-0.05, 0) is 37.8 Å². The molecule has 3 rings (SSSR count). The Bertz CT molecular complexity index is 749. The van der Waals surface area contributed by atoms with E-state index in [-0.39, 0.29) is 22.4 Å². The molecule has 0 spiro atoms.